The molecule has 1 amide bonds. The number of H-pyrrole nitrogens is 1. The molecule has 0 bridgehead atoms. The standard InChI is InChI=1S/C34H33N3O6/c38-29-14-12-27(28-13-15-31(40)36-33(28)29)30(39)20-35-17-16-22-6-4-7-23(18-22)21-43-26-11-5-10-25(19-26)32(37-34(41)42)24-8-2-1-3-9-24/h1-15,18-19,30,32,35,37-39H,16-17,20-21H2,(H,36,40)(H,41,42)/t30-,32?/m1/s1. The van der Waals surface area contributed by atoms with Crippen LogP contribution in [0.5, 0.6) is 11.5 Å². The highest BCUT2D eigenvalue weighted by atomic mass is 16.5. The van der Waals surface area contributed by atoms with Crippen molar-refractivity contribution in [1.82, 2.24) is 15.6 Å². The number of pyridine rings is 1. The zero-order valence-corrected chi connectivity index (χ0v) is 23.4. The Morgan fingerprint density at radius 2 is 1.63 bits per heavy atom. The number of carboxylic acid groups (broad SMARTS) is 1. The highest BCUT2D eigenvalue weighted by Gasteiger charge is 2.17. The fourth-order valence-corrected chi connectivity index (χ4v) is 5.08. The monoisotopic (exact) mass is 579 g/mol. The van der Waals surface area contributed by atoms with Gasteiger partial charge in [-0.15, -0.1) is 0 Å². The number of hydrogen-bond donors (Lipinski definition) is 6. The summed E-state index contributed by atoms with van der Waals surface area (Å²) in [4.78, 5) is 25.7. The third kappa shape index (κ3) is 7.59. The lowest BCUT2D eigenvalue weighted by Gasteiger charge is -2.19. The summed E-state index contributed by atoms with van der Waals surface area (Å²) in [5.41, 5.74) is 4.33. The lowest BCUT2D eigenvalue weighted by molar-refractivity contribution is 0.176. The van der Waals surface area contributed by atoms with Gasteiger partial charge in [-0.05, 0) is 65.0 Å². The number of aliphatic hydroxyl groups excluding tert-OH is 1. The van der Waals surface area contributed by atoms with Crippen molar-refractivity contribution < 1.29 is 24.9 Å². The summed E-state index contributed by atoms with van der Waals surface area (Å²) in [5.74, 6) is 0.595. The third-order valence-electron chi connectivity index (χ3n) is 7.18. The van der Waals surface area contributed by atoms with E-state index >= 15 is 0 Å². The smallest absolute Gasteiger partial charge is 0.405 e. The number of rotatable bonds is 12. The SMILES string of the molecule is O=C(O)NC(c1ccccc1)c1cccc(OCc2cccc(CCNC[C@@H](O)c3ccc(O)c4[nH]c(=O)ccc34)c2)c1. The first kappa shape index (κ1) is 29.4. The molecule has 5 rings (SSSR count). The Labute approximate surface area is 248 Å². The molecule has 1 aromatic heterocycles. The number of phenols is 1. The zero-order chi connectivity index (χ0) is 30.2. The molecule has 220 valence electrons. The Kier molecular flexibility index (Phi) is 9.36. The maximum absolute atomic E-state index is 11.6. The van der Waals surface area contributed by atoms with E-state index in [0.29, 0.717) is 41.9 Å². The molecular formula is C34H33N3O6. The molecule has 2 atom stereocenters. The minimum atomic E-state index is -1.10. The number of aromatic amines is 1. The third-order valence-corrected chi connectivity index (χ3v) is 7.18. The van der Waals surface area contributed by atoms with E-state index in [1.165, 1.54) is 12.1 Å². The van der Waals surface area contributed by atoms with Gasteiger partial charge in [0.05, 0.1) is 17.7 Å². The maximum Gasteiger partial charge on any atom is 0.405 e. The number of fused-ring (bicyclic) bond motifs is 1. The molecule has 1 unspecified atom stereocenters. The second-order valence-corrected chi connectivity index (χ2v) is 10.2. The Balaban J connectivity index is 1.16. The highest BCUT2D eigenvalue weighted by Crippen LogP contribution is 2.29. The molecule has 9 heteroatoms. The number of hydrogen-bond acceptors (Lipinski definition) is 6. The minimum Gasteiger partial charge on any atom is -0.506 e. The molecule has 0 spiro atoms. The van der Waals surface area contributed by atoms with Crippen LogP contribution in [0.3, 0.4) is 0 Å². The van der Waals surface area contributed by atoms with Crippen LogP contribution in [-0.2, 0) is 13.0 Å². The first-order valence-electron chi connectivity index (χ1n) is 14.0. The van der Waals surface area contributed by atoms with Gasteiger partial charge in [0.25, 0.3) is 0 Å². The normalized spacial score (nSPS) is 12.5. The lowest BCUT2D eigenvalue weighted by atomic mass is 9.98. The fraction of sp³-hybridized carbons (Fsp3) is 0.176. The quantitative estimate of drug-likeness (QED) is 0.114. The average Bonchev–Trinajstić information content (AvgIpc) is 3.02. The van der Waals surface area contributed by atoms with E-state index in [-0.39, 0.29) is 11.3 Å². The van der Waals surface area contributed by atoms with Crippen molar-refractivity contribution in [3.63, 3.8) is 0 Å². The van der Waals surface area contributed by atoms with E-state index in [1.807, 2.05) is 72.8 Å². The van der Waals surface area contributed by atoms with Gasteiger partial charge in [-0.3, -0.25) is 4.79 Å². The lowest BCUT2D eigenvalue weighted by Crippen LogP contribution is -2.27. The topological polar surface area (TPSA) is 144 Å². The fourth-order valence-electron chi connectivity index (χ4n) is 5.08. The van der Waals surface area contributed by atoms with Gasteiger partial charge in [-0.2, -0.15) is 0 Å². The van der Waals surface area contributed by atoms with Gasteiger partial charge in [0, 0.05) is 18.0 Å². The first-order valence-corrected chi connectivity index (χ1v) is 14.0. The number of aromatic nitrogens is 1. The van der Waals surface area contributed by atoms with Crippen molar-refractivity contribution in [1.29, 1.82) is 0 Å². The van der Waals surface area contributed by atoms with Crippen molar-refractivity contribution >= 4 is 17.0 Å². The van der Waals surface area contributed by atoms with Gasteiger partial charge in [0.1, 0.15) is 18.1 Å². The predicted molar refractivity (Wildman–Crippen MR) is 164 cm³/mol. The van der Waals surface area contributed by atoms with E-state index < -0.39 is 18.2 Å². The molecule has 0 aliphatic carbocycles. The van der Waals surface area contributed by atoms with Crippen molar-refractivity contribution in [3.8, 4) is 11.5 Å². The summed E-state index contributed by atoms with van der Waals surface area (Å²) in [6, 6.07) is 30.5. The van der Waals surface area contributed by atoms with Gasteiger partial charge in [-0.25, -0.2) is 4.79 Å². The first-order chi connectivity index (χ1) is 20.9. The van der Waals surface area contributed by atoms with Crippen molar-refractivity contribution in [2.45, 2.75) is 25.2 Å². The summed E-state index contributed by atoms with van der Waals surface area (Å²) < 4.78 is 6.07. The van der Waals surface area contributed by atoms with Crippen LogP contribution in [0.1, 0.15) is 40.0 Å². The van der Waals surface area contributed by atoms with Crippen molar-refractivity contribution in [2.75, 3.05) is 13.1 Å². The van der Waals surface area contributed by atoms with Crippen LogP contribution in [-0.4, -0.2) is 39.5 Å². The number of amides is 1. The average molecular weight is 580 g/mol. The van der Waals surface area contributed by atoms with Crippen LogP contribution in [0, 0.1) is 0 Å². The number of ether oxygens (including phenoxy) is 1. The van der Waals surface area contributed by atoms with Gasteiger partial charge in [0.15, 0.2) is 0 Å². The number of nitrogens with one attached hydrogen (secondary N) is 3. The second-order valence-electron chi connectivity index (χ2n) is 10.2. The molecule has 9 nitrogen and oxygen atoms in total. The Morgan fingerprint density at radius 1 is 0.860 bits per heavy atom. The van der Waals surface area contributed by atoms with E-state index in [2.05, 4.69) is 21.7 Å². The summed E-state index contributed by atoms with van der Waals surface area (Å²) in [6.07, 6.45) is -1.19. The molecule has 1 heterocycles. The van der Waals surface area contributed by atoms with Crippen LogP contribution < -0.4 is 20.9 Å². The predicted octanol–water partition coefficient (Wildman–Crippen LogP) is 5.04. The van der Waals surface area contributed by atoms with Crippen molar-refractivity contribution in [2.24, 2.45) is 0 Å². The molecule has 6 N–H and O–H groups in total. The Hall–Kier alpha value is -5.12. The molecule has 0 aliphatic rings. The van der Waals surface area contributed by atoms with Crippen LogP contribution in [0.25, 0.3) is 10.9 Å². The van der Waals surface area contributed by atoms with E-state index in [0.717, 1.165) is 28.7 Å². The molecule has 0 fully saturated rings. The van der Waals surface area contributed by atoms with Crippen LogP contribution in [0.4, 0.5) is 4.79 Å². The van der Waals surface area contributed by atoms with Crippen LogP contribution in [0.15, 0.2) is 108 Å². The number of aliphatic hydroxyl groups is 1. The van der Waals surface area contributed by atoms with E-state index in [9.17, 15) is 24.9 Å². The van der Waals surface area contributed by atoms with Gasteiger partial charge in [-0.1, -0.05) is 72.8 Å². The minimum absolute atomic E-state index is 0.0419. The number of aromatic hydroxyl groups is 1. The van der Waals surface area contributed by atoms with Crippen LogP contribution in [0.2, 0.25) is 0 Å². The van der Waals surface area contributed by atoms with Gasteiger partial charge >= 0.3 is 6.09 Å². The van der Waals surface area contributed by atoms with Crippen LogP contribution >= 0.6 is 0 Å². The van der Waals surface area contributed by atoms with Gasteiger partial charge in [0.2, 0.25) is 5.56 Å². The molecule has 43 heavy (non-hydrogen) atoms. The maximum atomic E-state index is 11.6. The number of phenolic OH excluding ortho intramolecular Hbond substituents is 1. The molecule has 0 aliphatic heterocycles. The molecule has 5 aromatic rings. The largest absolute Gasteiger partial charge is 0.506 e. The molecule has 0 saturated carbocycles. The second kappa shape index (κ2) is 13.7. The van der Waals surface area contributed by atoms with E-state index in [1.54, 1.807) is 12.1 Å². The zero-order valence-electron chi connectivity index (χ0n) is 23.4. The summed E-state index contributed by atoms with van der Waals surface area (Å²) in [5, 5.41) is 36.7. The Bertz CT molecular complexity index is 1750. The summed E-state index contributed by atoms with van der Waals surface area (Å²) >= 11 is 0. The molecule has 4 aromatic carbocycles. The summed E-state index contributed by atoms with van der Waals surface area (Å²) in [7, 11) is 0. The molecular weight excluding hydrogens is 546 g/mol. The van der Waals surface area contributed by atoms with Crippen molar-refractivity contribution in [3.05, 3.63) is 141 Å². The highest BCUT2D eigenvalue weighted by molar-refractivity contribution is 5.87. The number of carbonyl (C=O) groups is 1. The summed E-state index contributed by atoms with van der Waals surface area (Å²) in [6.45, 7) is 1.29. The van der Waals surface area contributed by atoms with E-state index in [4.69, 9.17) is 4.74 Å². The molecule has 0 radical (unpaired) electrons. The Morgan fingerprint density at radius 3 is 2.44 bits per heavy atom. The van der Waals surface area contributed by atoms with Gasteiger partial charge < -0.3 is 35.7 Å². The number of benzene rings is 4. The molecule has 0 saturated heterocycles.